The Morgan fingerprint density at radius 3 is 2.42 bits per heavy atom. The molecule has 1 aromatic carbocycles. The van der Waals surface area contributed by atoms with Crippen molar-refractivity contribution in [3.8, 4) is 0 Å². The standard InChI is InChI=1S/C19H31N5O.HI/c1-20-19(21-12-11-18(25)23(2)3)22-15-17(24-13-7-8-14-24)16-9-5-4-6-10-16;/h4-6,9-10,17H,7-8,11-15H2,1-3H3,(H2,20,21,22);1H. The number of hydrogen-bond acceptors (Lipinski definition) is 3. The first-order valence-electron chi connectivity index (χ1n) is 9.05. The molecule has 146 valence electrons. The van der Waals surface area contributed by atoms with Gasteiger partial charge in [0.1, 0.15) is 0 Å². The summed E-state index contributed by atoms with van der Waals surface area (Å²) in [7, 11) is 5.31. The molecule has 1 aromatic rings. The second-order valence-corrected chi connectivity index (χ2v) is 6.59. The highest BCUT2D eigenvalue weighted by Gasteiger charge is 2.23. The number of carbonyl (C=O) groups excluding carboxylic acids is 1. The normalized spacial score (nSPS) is 15.9. The van der Waals surface area contributed by atoms with Gasteiger partial charge in [-0.3, -0.25) is 14.7 Å². The van der Waals surface area contributed by atoms with Gasteiger partial charge in [-0.25, -0.2) is 0 Å². The van der Waals surface area contributed by atoms with Crippen LogP contribution in [-0.4, -0.2) is 69.0 Å². The monoisotopic (exact) mass is 473 g/mol. The summed E-state index contributed by atoms with van der Waals surface area (Å²) in [6.45, 7) is 3.66. The second kappa shape index (κ2) is 12.1. The summed E-state index contributed by atoms with van der Waals surface area (Å²) in [5.74, 6) is 0.855. The molecule has 2 N–H and O–H groups in total. The lowest BCUT2D eigenvalue weighted by molar-refractivity contribution is -0.128. The lowest BCUT2D eigenvalue weighted by Gasteiger charge is -2.29. The van der Waals surface area contributed by atoms with Crippen LogP contribution in [0.3, 0.4) is 0 Å². The van der Waals surface area contributed by atoms with E-state index in [0.717, 1.165) is 25.6 Å². The summed E-state index contributed by atoms with van der Waals surface area (Å²) in [5, 5.41) is 6.65. The molecule has 6 nitrogen and oxygen atoms in total. The second-order valence-electron chi connectivity index (χ2n) is 6.59. The molecule has 0 spiro atoms. The lowest BCUT2D eigenvalue weighted by atomic mass is 10.1. The molecule has 0 radical (unpaired) electrons. The zero-order valence-corrected chi connectivity index (χ0v) is 18.4. The molecule has 0 aliphatic carbocycles. The van der Waals surface area contributed by atoms with Crippen LogP contribution in [0.15, 0.2) is 35.3 Å². The average molecular weight is 473 g/mol. The van der Waals surface area contributed by atoms with Gasteiger partial charge in [-0.2, -0.15) is 0 Å². The van der Waals surface area contributed by atoms with Gasteiger partial charge in [-0.15, -0.1) is 24.0 Å². The number of nitrogens with one attached hydrogen (secondary N) is 2. The number of nitrogens with zero attached hydrogens (tertiary/aromatic N) is 3. The highest BCUT2D eigenvalue weighted by atomic mass is 127. The van der Waals surface area contributed by atoms with Crippen LogP contribution in [0.5, 0.6) is 0 Å². The van der Waals surface area contributed by atoms with Gasteiger partial charge in [0.05, 0.1) is 6.04 Å². The molecular formula is C19H32IN5O. The fourth-order valence-electron chi connectivity index (χ4n) is 3.11. The lowest BCUT2D eigenvalue weighted by Crippen LogP contribution is -2.43. The molecule has 1 fully saturated rings. The van der Waals surface area contributed by atoms with Crippen molar-refractivity contribution in [3.63, 3.8) is 0 Å². The molecule has 1 saturated heterocycles. The molecule has 1 unspecified atom stereocenters. The van der Waals surface area contributed by atoms with Crippen LogP contribution in [0.2, 0.25) is 0 Å². The summed E-state index contributed by atoms with van der Waals surface area (Å²) in [5.41, 5.74) is 1.33. The smallest absolute Gasteiger partial charge is 0.223 e. The Bertz CT molecular complexity index is 558. The van der Waals surface area contributed by atoms with E-state index in [1.165, 1.54) is 18.4 Å². The fourth-order valence-corrected chi connectivity index (χ4v) is 3.11. The molecule has 1 atom stereocenters. The Morgan fingerprint density at radius 2 is 1.85 bits per heavy atom. The maximum absolute atomic E-state index is 11.7. The molecule has 1 amide bonds. The van der Waals surface area contributed by atoms with Crippen molar-refractivity contribution in [2.24, 2.45) is 4.99 Å². The van der Waals surface area contributed by atoms with Crippen LogP contribution in [0.4, 0.5) is 0 Å². The third kappa shape index (κ3) is 7.11. The highest BCUT2D eigenvalue weighted by Crippen LogP contribution is 2.24. The summed E-state index contributed by atoms with van der Waals surface area (Å²) < 4.78 is 0. The Kier molecular flexibility index (Phi) is 10.6. The van der Waals surface area contributed by atoms with Crippen molar-refractivity contribution in [2.75, 3.05) is 47.3 Å². The van der Waals surface area contributed by atoms with Crippen molar-refractivity contribution in [2.45, 2.75) is 25.3 Å². The van der Waals surface area contributed by atoms with Gasteiger partial charge in [0, 0.05) is 40.7 Å². The van der Waals surface area contributed by atoms with Crippen LogP contribution >= 0.6 is 24.0 Å². The molecule has 1 aliphatic rings. The summed E-state index contributed by atoms with van der Waals surface area (Å²) in [6, 6.07) is 11.0. The summed E-state index contributed by atoms with van der Waals surface area (Å²) in [4.78, 5) is 20.1. The van der Waals surface area contributed by atoms with Crippen LogP contribution in [0.1, 0.15) is 30.9 Å². The van der Waals surface area contributed by atoms with Crippen molar-refractivity contribution < 1.29 is 4.79 Å². The van der Waals surface area contributed by atoms with E-state index in [1.54, 1.807) is 26.0 Å². The van der Waals surface area contributed by atoms with E-state index in [9.17, 15) is 4.79 Å². The zero-order chi connectivity index (χ0) is 18.1. The zero-order valence-electron chi connectivity index (χ0n) is 16.1. The number of guanidine groups is 1. The molecule has 0 bridgehead atoms. The first-order chi connectivity index (χ1) is 12.1. The Morgan fingerprint density at radius 1 is 1.19 bits per heavy atom. The quantitative estimate of drug-likeness (QED) is 0.362. The first kappa shape index (κ1) is 22.7. The van der Waals surface area contributed by atoms with Gasteiger partial charge in [-0.05, 0) is 31.5 Å². The van der Waals surface area contributed by atoms with Gasteiger partial charge in [-0.1, -0.05) is 30.3 Å². The summed E-state index contributed by atoms with van der Waals surface area (Å²) >= 11 is 0. The molecule has 2 rings (SSSR count). The predicted octanol–water partition coefficient (Wildman–Crippen LogP) is 2.08. The van der Waals surface area contributed by atoms with E-state index < -0.39 is 0 Å². The SMILES string of the molecule is CN=C(NCCC(=O)N(C)C)NCC(c1ccccc1)N1CCCC1.I. The van der Waals surface area contributed by atoms with Crippen molar-refractivity contribution >= 4 is 35.8 Å². The molecule has 1 heterocycles. The molecule has 26 heavy (non-hydrogen) atoms. The van der Waals surface area contributed by atoms with E-state index in [0.29, 0.717) is 19.0 Å². The number of aliphatic imine (C=N–C) groups is 1. The van der Waals surface area contributed by atoms with Crippen LogP contribution in [-0.2, 0) is 4.79 Å². The minimum Gasteiger partial charge on any atom is -0.356 e. The molecule has 0 aromatic heterocycles. The number of amides is 1. The Labute approximate surface area is 174 Å². The Hall–Kier alpha value is -1.35. The van der Waals surface area contributed by atoms with Gasteiger partial charge < -0.3 is 15.5 Å². The highest BCUT2D eigenvalue weighted by molar-refractivity contribution is 14.0. The van der Waals surface area contributed by atoms with Gasteiger partial charge in [0.25, 0.3) is 0 Å². The number of carbonyl (C=O) groups is 1. The van der Waals surface area contributed by atoms with Crippen LogP contribution < -0.4 is 10.6 Å². The van der Waals surface area contributed by atoms with Gasteiger partial charge in [0.15, 0.2) is 5.96 Å². The first-order valence-corrected chi connectivity index (χ1v) is 9.05. The predicted molar refractivity (Wildman–Crippen MR) is 118 cm³/mol. The number of likely N-dealkylation sites (tertiary alicyclic amines) is 1. The minimum absolute atomic E-state index is 0. The third-order valence-corrected chi connectivity index (χ3v) is 4.58. The number of benzene rings is 1. The average Bonchev–Trinajstić information content (AvgIpc) is 3.15. The van der Waals surface area contributed by atoms with Gasteiger partial charge in [0.2, 0.25) is 5.91 Å². The van der Waals surface area contributed by atoms with Crippen molar-refractivity contribution in [1.29, 1.82) is 0 Å². The minimum atomic E-state index is 0. The summed E-state index contributed by atoms with van der Waals surface area (Å²) in [6.07, 6.45) is 2.99. The molecular weight excluding hydrogens is 441 g/mol. The number of halogens is 1. The van der Waals surface area contributed by atoms with E-state index in [-0.39, 0.29) is 29.9 Å². The topological polar surface area (TPSA) is 60.0 Å². The largest absolute Gasteiger partial charge is 0.356 e. The van der Waals surface area contributed by atoms with E-state index in [4.69, 9.17) is 0 Å². The third-order valence-electron chi connectivity index (χ3n) is 4.58. The van der Waals surface area contributed by atoms with Crippen molar-refractivity contribution in [3.05, 3.63) is 35.9 Å². The molecule has 1 aliphatic heterocycles. The van der Waals surface area contributed by atoms with E-state index in [2.05, 4.69) is 50.9 Å². The van der Waals surface area contributed by atoms with Crippen LogP contribution in [0, 0.1) is 0 Å². The van der Waals surface area contributed by atoms with E-state index >= 15 is 0 Å². The maximum Gasteiger partial charge on any atom is 0.223 e. The molecule has 7 heteroatoms. The van der Waals surface area contributed by atoms with E-state index in [1.807, 2.05) is 0 Å². The van der Waals surface area contributed by atoms with Crippen molar-refractivity contribution in [1.82, 2.24) is 20.4 Å². The Balaban J connectivity index is 0.00000338. The molecule has 0 saturated carbocycles. The number of rotatable bonds is 7. The van der Waals surface area contributed by atoms with Gasteiger partial charge >= 0.3 is 0 Å². The maximum atomic E-state index is 11.7. The fraction of sp³-hybridized carbons (Fsp3) is 0.579. The number of hydrogen-bond donors (Lipinski definition) is 2. The van der Waals surface area contributed by atoms with Crippen LogP contribution in [0.25, 0.3) is 0 Å².